The summed E-state index contributed by atoms with van der Waals surface area (Å²) in [6.45, 7) is 0.222. The Bertz CT molecular complexity index is 541. The van der Waals surface area contributed by atoms with E-state index in [9.17, 15) is 4.79 Å². The summed E-state index contributed by atoms with van der Waals surface area (Å²) < 4.78 is 3.29. The molecule has 1 aromatic heterocycles. The van der Waals surface area contributed by atoms with Crippen molar-refractivity contribution in [3.63, 3.8) is 0 Å². The number of carbonyl (C=O) groups is 1. The maximum Gasteiger partial charge on any atom is 0.244 e. The van der Waals surface area contributed by atoms with Gasteiger partial charge in [-0.2, -0.15) is 5.21 Å². The normalized spacial score (nSPS) is 19.0. The molecule has 0 aliphatic carbocycles. The van der Waals surface area contributed by atoms with Gasteiger partial charge in [-0.25, -0.2) is 0 Å². The van der Waals surface area contributed by atoms with E-state index in [-0.39, 0.29) is 12.5 Å². The molecule has 106 valence electrons. The molecule has 0 spiro atoms. The number of aromatic amines is 1. The molecule has 0 radical (unpaired) electrons. The van der Waals surface area contributed by atoms with E-state index in [1.54, 1.807) is 6.20 Å². The van der Waals surface area contributed by atoms with Crippen LogP contribution in [0.4, 0.5) is 0 Å². The zero-order valence-corrected chi connectivity index (χ0v) is 13.2. The smallest absolute Gasteiger partial charge is 0.244 e. The Hall–Kier alpha value is -1.42. The molecule has 9 heteroatoms. The third-order valence-corrected chi connectivity index (χ3v) is 3.37. The standard InChI is InChI=1S/C11H12ClIN6O/c12-19-7-8(3-1-2-4-13)5-9(19)11(20)14-6-10-15-17-18-16-10/h1-4,7,9H,5-6H2,(H,14,20)(H,15,16,17,18)/b3-1-,4-2-. The molecule has 1 atom stereocenters. The van der Waals surface area contributed by atoms with Gasteiger partial charge in [0.25, 0.3) is 0 Å². The Morgan fingerprint density at radius 2 is 2.50 bits per heavy atom. The van der Waals surface area contributed by atoms with Crippen LogP contribution in [0.1, 0.15) is 12.2 Å². The van der Waals surface area contributed by atoms with Gasteiger partial charge in [-0.3, -0.25) is 9.21 Å². The molecule has 0 saturated carbocycles. The van der Waals surface area contributed by atoms with Gasteiger partial charge in [0.1, 0.15) is 6.04 Å². The van der Waals surface area contributed by atoms with Crippen LogP contribution in [0.2, 0.25) is 0 Å². The van der Waals surface area contributed by atoms with Crippen molar-refractivity contribution in [3.05, 3.63) is 39.9 Å². The second kappa shape index (κ2) is 7.39. The van der Waals surface area contributed by atoms with Crippen molar-refractivity contribution in [2.24, 2.45) is 0 Å². The predicted octanol–water partition coefficient (Wildman–Crippen LogP) is 1.43. The highest BCUT2D eigenvalue weighted by atomic mass is 127. The third kappa shape index (κ3) is 4.04. The largest absolute Gasteiger partial charge is 0.347 e. The number of tetrazole rings is 1. The maximum atomic E-state index is 12.0. The topological polar surface area (TPSA) is 86.8 Å². The van der Waals surface area contributed by atoms with Gasteiger partial charge in [-0.15, -0.1) is 10.2 Å². The third-order valence-electron chi connectivity index (χ3n) is 2.62. The summed E-state index contributed by atoms with van der Waals surface area (Å²) in [7, 11) is 0. The first kappa shape index (κ1) is 15.0. The van der Waals surface area contributed by atoms with Gasteiger partial charge in [0, 0.05) is 24.4 Å². The summed E-state index contributed by atoms with van der Waals surface area (Å²) >= 11 is 8.17. The van der Waals surface area contributed by atoms with E-state index in [4.69, 9.17) is 11.8 Å². The van der Waals surface area contributed by atoms with Crippen LogP contribution in [0.3, 0.4) is 0 Å². The highest BCUT2D eigenvalue weighted by molar-refractivity contribution is 14.1. The predicted molar refractivity (Wildman–Crippen MR) is 82.5 cm³/mol. The van der Waals surface area contributed by atoms with Crippen LogP contribution in [-0.4, -0.2) is 37.0 Å². The number of aromatic nitrogens is 4. The monoisotopic (exact) mass is 406 g/mol. The molecule has 1 aromatic rings. The van der Waals surface area contributed by atoms with Crippen LogP contribution in [0.15, 0.2) is 34.1 Å². The molecule has 0 fully saturated rings. The summed E-state index contributed by atoms with van der Waals surface area (Å²) in [5.74, 6) is 0.256. The van der Waals surface area contributed by atoms with Crippen molar-refractivity contribution < 1.29 is 4.79 Å². The molecule has 2 rings (SSSR count). The first-order chi connectivity index (χ1) is 9.70. The molecule has 7 nitrogen and oxygen atoms in total. The van der Waals surface area contributed by atoms with Crippen LogP contribution in [0.5, 0.6) is 0 Å². The zero-order valence-electron chi connectivity index (χ0n) is 10.3. The molecular weight excluding hydrogens is 395 g/mol. The van der Waals surface area contributed by atoms with Crippen molar-refractivity contribution in [2.75, 3.05) is 0 Å². The maximum absolute atomic E-state index is 12.0. The molecule has 0 saturated heterocycles. The number of carbonyl (C=O) groups excluding carboxylic acids is 1. The molecule has 20 heavy (non-hydrogen) atoms. The van der Waals surface area contributed by atoms with E-state index in [1.165, 1.54) is 4.42 Å². The van der Waals surface area contributed by atoms with Crippen LogP contribution < -0.4 is 5.32 Å². The highest BCUT2D eigenvalue weighted by Gasteiger charge is 2.29. The summed E-state index contributed by atoms with van der Waals surface area (Å²) in [6, 6.07) is -0.424. The lowest BCUT2D eigenvalue weighted by molar-refractivity contribution is -0.124. The number of rotatable bonds is 5. The summed E-state index contributed by atoms with van der Waals surface area (Å²) in [5.41, 5.74) is 0.995. The molecule has 1 aliphatic heterocycles. The number of H-pyrrole nitrogens is 1. The minimum absolute atomic E-state index is 0.172. The molecular formula is C11H12ClIN6O. The van der Waals surface area contributed by atoms with E-state index in [0.717, 1.165) is 5.57 Å². The molecule has 1 amide bonds. The number of halogens is 2. The van der Waals surface area contributed by atoms with Crippen LogP contribution >= 0.6 is 34.4 Å². The van der Waals surface area contributed by atoms with Crippen molar-refractivity contribution in [1.29, 1.82) is 0 Å². The van der Waals surface area contributed by atoms with E-state index < -0.39 is 6.04 Å². The van der Waals surface area contributed by atoms with Gasteiger partial charge in [0.05, 0.1) is 6.54 Å². The number of amides is 1. The molecule has 0 aromatic carbocycles. The number of hydrogen-bond acceptors (Lipinski definition) is 5. The lowest BCUT2D eigenvalue weighted by Crippen LogP contribution is -2.38. The molecule has 1 aliphatic rings. The van der Waals surface area contributed by atoms with Crippen molar-refractivity contribution >= 4 is 40.3 Å². The zero-order chi connectivity index (χ0) is 14.4. The van der Waals surface area contributed by atoms with Crippen molar-refractivity contribution in [3.8, 4) is 0 Å². The van der Waals surface area contributed by atoms with Gasteiger partial charge in [0.15, 0.2) is 5.82 Å². The minimum atomic E-state index is -0.424. The number of nitrogens with one attached hydrogen (secondary N) is 2. The van der Waals surface area contributed by atoms with Crippen molar-refractivity contribution in [2.45, 2.75) is 19.0 Å². The fourth-order valence-corrected chi connectivity index (χ4v) is 2.21. The number of nitrogens with zero attached hydrogens (tertiary/aromatic N) is 4. The average molecular weight is 407 g/mol. The van der Waals surface area contributed by atoms with Crippen LogP contribution in [0.25, 0.3) is 0 Å². The Balaban J connectivity index is 1.86. The first-order valence-electron chi connectivity index (χ1n) is 5.79. The quantitative estimate of drug-likeness (QED) is 0.439. The lowest BCUT2D eigenvalue weighted by atomic mass is 10.1. The van der Waals surface area contributed by atoms with Crippen LogP contribution in [0, 0.1) is 0 Å². The fourth-order valence-electron chi connectivity index (χ4n) is 1.69. The van der Waals surface area contributed by atoms with Crippen molar-refractivity contribution in [1.82, 2.24) is 30.4 Å². The average Bonchev–Trinajstić information content (AvgIpc) is 3.06. The minimum Gasteiger partial charge on any atom is -0.347 e. The SMILES string of the molecule is O=C(NCc1nn[nH]n1)C1CC(/C=C\C=C/I)=CN1Cl. The molecule has 1 unspecified atom stereocenters. The molecule has 0 bridgehead atoms. The second-order valence-electron chi connectivity index (χ2n) is 3.99. The Labute approximate surface area is 134 Å². The van der Waals surface area contributed by atoms with Gasteiger partial charge >= 0.3 is 0 Å². The van der Waals surface area contributed by atoms with E-state index >= 15 is 0 Å². The fraction of sp³-hybridized carbons (Fsp3) is 0.273. The van der Waals surface area contributed by atoms with Gasteiger partial charge in [-0.05, 0) is 9.66 Å². The first-order valence-corrected chi connectivity index (χ1v) is 7.37. The number of allylic oxidation sites excluding steroid dienone is 3. The number of hydrogen-bond donors (Lipinski definition) is 2. The van der Waals surface area contributed by atoms with E-state index in [2.05, 4.69) is 48.5 Å². The summed E-state index contributed by atoms with van der Waals surface area (Å²) in [4.78, 5) is 12.0. The van der Waals surface area contributed by atoms with E-state index in [1.807, 2.05) is 22.3 Å². The lowest BCUT2D eigenvalue weighted by Gasteiger charge is -2.16. The Morgan fingerprint density at radius 1 is 1.65 bits per heavy atom. The summed E-state index contributed by atoms with van der Waals surface area (Å²) in [6.07, 6.45) is 8.05. The molecule has 2 N–H and O–H groups in total. The summed E-state index contributed by atoms with van der Waals surface area (Å²) in [5, 5.41) is 16.0. The highest BCUT2D eigenvalue weighted by Crippen LogP contribution is 2.24. The Morgan fingerprint density at radius 3 is 3.20 bits per heavy atom. The Kier molecular flexibility index (Phi) is 5.53. The van der Waals surface area contributed by atoms with Gasteiger partial charge in [0.2, 0.25) is 5.91 Å². The second-order valence-corrected chi connectivity index (χ2v) is 5.10. The molecule has 2 heterocycles. The van der Waals surface area contributed by atoms with E-state index in [0.29, 0.717) is 12.2 Å². The van der Waals surface area contributed by atoms with Gasteiger partial charge in [-0.1, -0.05) is 46.0 Å². The van der Waals surface area contributed by atoms with Gasteiger partial charge < -0.3 is 5.32 Å². The van der Waals surface area contributed by atoms with Crippen LogP contribution in [-0.2, 0) is 11.3 Å².